The lowest BCUT2D eigenvalue weighted by molar-refractivity contribution is 0.0530. The van der Waals surface area contributed by atoms with E-state index < -0.39 is 5.60 Å². The van der Waals surface area contributed by atoms with E-state index in [1.54, 1.807) is 23.9 Å². The number of hydrogen-bond donors (Lipinski definition) is 2. The summed E-state index contributed by atoms with van der Waals surface area (Å²) in [6, 6.07) is 5.10. The van der Waals surface area contributed by atoms with Crippen LogP contribution < -0.4 is 5.32 Å². The van der Waals surface area contributed by atoms with Crippen molar-refractivity contribution in [1.82, 2.24) is 15.1 Å². The molecule has 0 fully saturated rings. The van der Waals surface area contributed by atoms with Crippen LogP contribution in [0, 0.1) is 5.82 Å². The molecule has 2 unspecified atom stereocenters. The highest BCUT2D eigenvalue weighted by Crippen LogP contribution is 2.31. The number of halogens is 1. The molecular formula is C17H22FN3O. The Morgan fingerprint density at radius 1 is 1.50 bits per heavy atom. The van der Waals surface area contributed by atoms with Crippen molar-refractivity contribution in [3.05, 3.63) is 53.1 Å². The van der Waals surface area contributed by atoms with Crippen LogP contribution >= 0.6 is 0 Å². The maximum absolute atomic E-state index is 13.5. The van der Waals surface area contributed by atoms with E-state index in [1.165, 1.54) is 11.6 Å². The smallest absolute Gasteiger partial charge is 0.123 e. The fourth-order valence-corrected chi connectivity index (χ4v) is 3.11. The highest BCUT2D eigenvalue weighted by Gasteiger charge is 2.27. The number of aromatic nitrogens is 2. The average Bonchev–Trinajstić information content (AvgIpc) is 2.92. The van der Waals surface area contributed by atoms with Crippen LogP contribution in [-0.2, 0) is 19.1 Å². The van der Waals surface area contributed by atoms with E-state index in [4.69, 9.17) is 0 Å². The van der Waals surface area contributed by atoms with E-state index in [-0.39, 0.29) is 11.9 Å². The van der Waals surface area contributed by atoms with E-state index in [0.717, 1.165) is 30.4 Å². The van der Waals surface area contributed by atoms with E-state index in [9.17, 15) is 9.50 Å². The molecule has 2 atom stereocenters. The van der Waals surface area contributed by atoms with Gasteiger partial charge in [0.05, 0.1) is 6.20 Å². The molecule has 1 heterocycles. The van der Waals surface area contributed by atoms with Gasteiger partial charge in [-0.25, -0.2) is 4.39 Å². The molecule has 0 spiro atoms. The lowest BCUT2D eigenvalue weighted by Gasteiger charge is -2.30. The Bertz CT molecular complexity index is 666. The van der Waals surface area contributed by atoms with Crippen LogP contribution in [0.3, 0.4) is 0 Å². The fraction of sp³-hybridized carbons (Fsp3) is 0.471. The van der Waals surface area contributed by atoms with Gasteiger partial charge in [0.2, 0.25) is 0 Å². The van der Waals surface area contributed by atoms with E-state index >= 15 is 0 Å². The molecule has 22 heavy (non-hydrogen) atoms. The van der Waals surface area contributed by atoms with Gasteiger partial charge in [-0.15, -0.1) is 0 Å². The van der Waals surface area contributed by atoms with E-state index in [0.29, 0.717) is 6.54 Å². The fourth-order valence-electron chi connectivity index (χ4n) is 3.11. The molecule has 118 valence electrons. The third-order valence-electron chi connectivity index (χ3n) is 4.44. The summed E-state index contributed by atoms with van der Waals surface area (Å²) >= 11 is 0. The molecule has 3 rings (SSSR count). The molecule has 0 radical (unpaired) electrons. The maximum atomic E-state index is 13.5. The molecule has 2 aromatic rings. The number of benzene rings is 1. The van der Waals surface area contributed by atoms with Gasteiger partial charge in [-0.3, -0.25) is 4.68 Å². The summed E-state index contributed by atoms with van der Waals surface area (Å²) < 4.78 is 15.2. The molecule has 0 saturated carbocycles. The number of aliphatic hydroxyl groups is 1. The van der Waals surface area contributed by atoms with Crippen LogP contribution in [-0.4, -0.2) is 21.4 Å². The normalized spacial score (nSPS) is 20.5. The summed E-state index contributed by atoms with van der Waals surface area (Å²) in [7, 11) is 1.83. The Kier molecular flexibility index (Phi) is 4.02. The molecule has 0 amide bonds. The zero-order valence-electron chi connectivity index (χ0n) is 13.0. The van der Waals surface area contributed by atoms with Crippen molar-refractivity contribution in [3.8, 4) is 0 Å². The number of hydrogen-bond acceptors (Lipinski definition) is 3. The third kappa shape index (κ3) is 3.05. The van der Waals surface area contributed by atoms with Crippen LogP contribution in [0.2, 0.25) is 0 Å². The quantitative estimate of drug-likeness (QED) is 0.912. The minimum Gasteiger partial charge on any atom is -0.384 e. The molecule has 1 aliphatic rings. The second kappa shape index (κ2) is 5.82. The van der Waals surface area contributed by atoms with Gasteiger partial charge in [-0.1, -0.05) is 6.07 Å². The summed E-state index contributed by atoms with van der Waals surface area (Å²) in [5, 5.41) is 18.1. The Balaban J connectivity index is 1.74. The molecule has 4 nitrogen and oxygen atoms in total. The minimum absolute atomic E-state index is 0.0857. The molecule has 2 N–H and O–H groups in total. The van der Waals surface area contributed by atoms with Gasteiger partial charge < -0.3 is 10.4 Å². The van der Waals surface area contributed by atoms with Gasteiger partial charge in [-0.05, 0) is 49.4 Å². The Morgan fingerprint density at radius 3 is 3.05 bits per heavy atom. The molecular weight excluding hydrogens is 281 g/mol. The van der Waals surface area contributed by atoms with Crippen LogP contribution in [0.25, 0.3) is 0 Å². The Labute approximate surface area is 130 Å². The summed E-state index contributed by atoms with van der Waals surface area (Å²) in [6.07, 6.45) is 6.52. The average molecular weight is 303 g/mol. The van der Waals surface area contributed by atoms with Crippen LogP contribution in [0.5, 0.6) is 0 Å². The first-order chi connectivity index (χ1) is 10.5. The first-order valence-electron chi connectivity index (χ1n) is 7.69. The van der Waals surface area contributed by atoms with Gasteiger partial charge in [0.1, 0.15) is 11.4 Å². The number of aryl methyl sites for hydroxylation is 2. The molecule has 5 heteroatoms. The maximum Gasteiger partial charge on any atom is 0.123 e. The van der Waals surface area contributed by atoms with E-state index in [2.05, 4.69) is 10.4 Å². The number of nitrogens with zero attached hydrogens (tertiary/aromatic N) is 2. The van der Waals surface area contributed by atoms with Crippen molar-refractivity contribution in [3.63, 3.8) is 0 Å². The van der Waals surface area contributed by atoms with Gasteiger partial charge in [0, 0.05) is 31.4 Å². The SMILES string of the molecule is Cn1cc(C(C)(O)CNC2CCCc3ccc(F)cc32)cn1. The zero-order chi connectivity index (χ0) is 15.7. The van der Waals surface area contributed by atoms with Crippen LogP contribution in [0.4, 0.5) is 4.39 Å². The number of fused-ring (bicyclic) bond motifs is 1. The van der Waals surface area contributed by atoms with Crippen molar-refractivity contribution in [2.45, 2.75) is 37.8 Å². The first kappa shape index (κ1) is 15.2. The molecule has 1 aromatic carbocycles. The van der Waals surface area contributed by atoms with Crippen molar-refractivity contribution < 1.29 is 9.50 Å². The molecule has 1 aromatic heterocycles. The summed E-state index contributed by atoms with van der Waals surface area (Å²) in [5.41, 5.74) is 2.00. The Hall–Kier alpha value is -1.72. The van der Waals surface area contributed by atoms with Crippen LogP contribution in [0.15, 0.2) is 30.6 Å². The van der Waals surface area contributed by atoms with Crippen molar-refractivity contribution in [2.75, 3.05) is 6.54 Å². The largest absolute Gasteiger partial charge is 0.384 e. The van der Waals surface area contributed by atoms with Crippen molar-refractivity contribution in [1.29, 1.82) is 0 Å². The minimum atomic E-state index is -1.00. The lowest BCUT2D eigenvalue weighted by atomic mass is 9.87. The van der Waals surface area contributed by atoms with Gasteiger partial charge in [-0.2, -0.15) is 5.10 Å². The molecule has 0 aliphatic heterocycles. The molecule has 0 bridgehead atoms. The zero-order valence-corrected chi connectivity index (χ0v) is 13.0. The molecule has 1 aliphatic carbocycles. The second-order valence-electron chi connectivity index (χ2n) is 6.35. The highest BCUT2D eigenvalue weighted by atomic mass is 19.1. The predicted molar refractivity (Wildman–Crippen MR) is 82.9 cm³/mol. The van der Waals surface area contributed by atoms with Gasteiger partial charge >= 0.3 is 0 Å². The third-order valence-corrected chi connectivity index (χ3v) is 4.44. The lowest BCUT2D eigenvalue weighted by Crippen LogP contribution is -2.38. The summed E-state index contributed by atoms with van der Waals surface area (Å²) in [4.78, 5) is 0. The summed E-state index contributed by atoms with van der Waals surface area (Å²) in [5.74, 6) is -0.202. The Morgan fingerprint density at radius 2 is 2.32 bits per heavy atom. The van der Waals surface area contributed by atoms with Crippen molar-refractivity contribution >= 4 is 0 Å². The monoisotopic (exact) mass is 303 g/mol. The highest BCUT2D eigenvalue weighted by molar-refractivity contribution is 5.33. The predicted octanol–water partition coefficient (Wildman–Crippen LogP) is 2.43. The van der Waals surface area contributed by atoms with Gasteiger partial charge in [0.25, 0.3) is 0 Å². The van der Waals surface area contributed by atoms with Crippen molar-refractivity contribution in [2.24, 2.45) is 7.05 Å². The summed E-state index contributed by atoms with van der Waals surface area (Å²) in [6.45, 7) is 2.17. The topological polar surface area (TPSA) is 50.1 Å². The van der Waals surface area contributed by atoms with Crippen LogP contribution in [0.1, 0.15) is 42.5 Å². The first-order valence-corrected chi connectivity index (χ1v) is 7.69. The van der Waals surface area contributed by atoms with E-state index in [1.807, 2.05) is 19.3 Å². The second-order valence-corrected chi connectivity index (χ2v) is 6.35. The molecule has 0 saturated heterocycles. The number of rotatable bonds is 4. The standard InChI is InChI=1S/C17H22FN3O/c1-17(22,13-9-20-21(2)10-13)11-19-16-5-3-4-12-6-7-14(18)8-15(12)16/h6-10,16,19,22H,3-5,11H2,1-2H3. The number of nitrogens with one attached hydrogen (secondary N) is 1. The van der Waals surface area contributed by atoms with Gasteiger partial charge in [0.15, 0.2) is 0 Å².